The SMILES string of the molecule is Fc1cc(OCc2cnc(Cl)cn2)ccc1Cl. The Kier molecular flexibility index (Phi) is 3.76. The van der Waals surface area contributed by atoms with Gasteiger partial charge in [0.05, 0.1) is 23.1 Å². The van der Waals surface area contributed by atoms with Gasteiger partial charge >= 0.3 is 0 Å². The van der Waals surface area contributed by atoms with Gasteiger partial charge in [0.25, 0.3) is 0 Å². The Balaban J connectivity index is 2.02. The Morgan fingerprint density at radius 2 is 2.00 bits per heavy atom. The van der Waals surface area contributed by atoms with Crippen LogP contribution in [-0.4, -0.2) is 9.97 Å². The predicted molar refractivity (Wildman–Crippen MR) is 62.8 cm³/mol. The molecule has 0 N–H and O–H groups in total. The van der Waals surface area contributed by atoms with Crippen molar-refractivity contribution in [2.24, 2.45) is 0 Å². The van der Waals surface area contributed by atoms with Crippen molar-refractivity contribution in [2.75, 3.05) is 0 Å². The van der Waals surface area contributed by atoms with E-state index in [4.69, 9.17) is 27.9 Å². The molecule has 0 aliphatic carbocycles. The van der Waals surface area contributed by atoms with Gasteiger partial charge in [-0.05, 0) is 12.1 Å². The third kappa shape index (κ3) is 3.28. The molecule has 0 bridgehead atoms. The van der Waals surface area contributed by atoms with Gasteiger partial charge in [0.2, 0.25) is 0 Å². The number of benzene rings is 1. The van der Waals surface area contributed by atoms with Crippen LogP contribution in [0.5, 0.6) is 5.75 Å². The molecule has 1 aromatic carbocycles. The second kappa shape index (κ2) is 5.29. The van der Waals surface area contributed by atoms with Crippen LogP contribution in [0.2, 0.25) is 10.2 Å². The molecule has 0 amide bonds. The van der Waals surface area contributed by atoms with Crippen molar-refractivity contribution >= 4 is 23.2 Å². The van der Waals surface area contributed by atoms with Gasteiger partial charge in [-0.1, -0.05) is 23.2 Å². The van der Waals surface area contributed by atoms with E-state index in [1.807, 2.05) is 0 Å². The van der Waals surface area contributed by atoms with E-state index in [0.29, 0.717) is 16.6 Å². The van der Waals surface area contributed by atoms with E-state index in [1.165, 1.54) is 24.5 Å². The molecule has 0 fully saturated rings. The Labute approximate surface area is 107 Å². The molecule has 0 unspecified atom stereocenters. The highest BCUT2D eigenvalue weighted by Crippen LogP contribution is 2.20. The number of aromatic nitrogens is 2. The van der Waals surface area contributed by atoms with Gasteiger partial charge in [0, 0.05) is 6.07 Å². The third-order valence-corrected chi connectivity index (χ3v) is 2.45. The van der Waals surface area contributed by atoms with Crippen molar-refractivity contribution in [3.63, 3.8) is 0 Å². The highest BCUT2D eigenvalue weighted by atomic mass is 35.5. The highest BCUT2D eigenvalue weighted by Gasteiger charge is 2.03. The monoisotopic (exact) mass is 272 g/mol. The molecule has 0 saturated carbocycles. The van der Waals surface area contributed by atoms with Crippen LogP contribution in [0.1, 0.15) is 5.69 Å². The van der Waals surface area contributed by atoms with E-state index >= 15 is 0 Å². The number of rotatable bonds is 3. The second-order valence-corrected chi connectivity index (χ2v) is 3.99. The van der Waals surface area contributed by atoms with Gasteiger partial charge in [-0.2, -0.15) is 0 Å². The van der Waals surface area contributed by atoms with E-state index in [9.17, 15) is 4.39 Å². The normalized spacial score (nSPS) is 10.3. The Morgan fingerprint density at radius 1 is 1.18 bits per heavy atom. The minimum atomic E-state index is -0.522. The first kappa shape index (κ1) is 12.1. The maximum atomic E-state index is 13.1. The molecule has 0 aliphatic heterocycles. The minimum Gasteiger partial charge on any atom is -0.487 e. The van der Waals surface area contributed by atoms with Crippen molar-refractivity contribution in [1.29, 1.82) is 0 Å². The van der Waals surface area contributed by atoms with Crippen LogP contribution in [0, 0.1) is 5.82 Å². The highest BCUT2D eigenvalue weighted by molar-refractivity contribution is 6.30. The summed E-state index contributed by atoms with van der Waals surface area (Å²) in [7, 11) is 0. The fraction of sp³-hybridized carbons (Fsp3) is 0.0909. The molecule has 17 heavy (non-hydrogen) atoms. The molecule has 1 heterocycles. The summed E-state index contributed by atoms with van der Waals surface area (Å²) in [5, 5.41) is 0.370. The molecular formula is C11H7Cl2FN2O. The fourth-order valence-electron chi connectivity index (χ4n) is 1.14. The average molecular weight is 273 g/mol. The Bertz CT molecular complexity index is 519. The lowest BCUT2D eigenvalue weighted by atomic mass is 10.3. The zero-order valence-corrected chi connectivity index (χ0v) is 10.0. The summed E-state index contributed by atoms with van der Waals surface area (Å²) in [6.45, 7) is 0.186. The van der Waals surface area contributed by atoms with Crippen molar-refractivity contribution in [3.05, 3.63) is 52.3 Å². The first-order valence-electron chi connectivity index (χ1n) is 4.69. The van der Waals surface area contributed by atoms with Gasteiger partial charge in [0.1, 0.15) is 23.3 Å². The van der Waals surface area contributed by atoms with E-state index in [-0.39, 0.29) is 11.6 Å². The maximum absolute atomic E-state index is 13.1. The third-order valence-electron chi connectivity index (χ3n) is 1.95. The molecule has 0 radical (unpaired) electrons. The van der Waals surface area contributed by atoms with Crippen LogP contribution >= 0.6 is 23.2 Å². The lowest BCUT2D eigenvalue weighted by molar-refractivity contribution is 0.299. The second-order valence-electron chi connectivity index (χ2n) is 3.20. The number of halogens is 3. The summed E-state index contributed by atoms with van der Waals surface area (Å²) in [5.74, 6) is -0.144. The molecule has 3 nitrogen and oxygen atoms in total. The number of hydrogen-bond acceptors (Lipinski definition) is 3. The summed E-state index contributed by atoms with van der Waals surface area (Å²) in [6.07, 6.45) is 2.91. The molecule has 0 aliphatic rings. The first-order valence-corrected chi connectivity index (χ1v) is 5.45. The summed E-state index contributed by atoms with van der Waals surface area (Å²) >= 11 is 11.1. The molecule has 88 valence electrons. The van der Waals surface area contributed by atoms with Crippen LogP contribution in [-0.2, 0) is 6.61 Å². The van der Waals surface area contributed by atoms with Crippen molar-refractivity contribution in [3.8, 4) is 5.75 Å². The molecular weight excluding hydrogens is 266 g/mol. The van der Waals surface area contributed by atoms with E-state index in [0.717, 1.165) is 0 Å². The number of ether oxygens (including phenoxy) is 1. The maximum Gasteiger partial charge on any atom is 0.147 e. The average Bonchev–Trinajstić information content (AvgIpc) is 2.33. The van der Waals surface area contributed by atoms with Crippen LogP contribution in [0.15, 0.2) is 30.6 Å². The molecule has 2 rings (SSSR count). The summed E-state index contributed by atoms with van der Waals surface area (Å²) < 4.78 is 18.4. The van der Waals surface area contributed by atoms with Crippen LogP contribution < -0.4 is 4.74 Å². The predicted octanol–water partition coefficient (Wildman–Crippen LogP) is 3.50. The Morgan fingerprint density at radius 3 is 2.65 bits per heavy atom. The minimum absolute atomic E-state index is 0.0589. The van der Waals surface area contributed by atoms with E-state index < -0.39 is 5.82 Å². The van der Waals surface area contributed by atoms with E-state index in [1.54, 1.807) is 6.07 Å². The molecule has 0 atom stereocenters. The van der Waals surface area contributed by atoms with Gasteiger partial charge in [-0.25, -0.2) is 9.37 Å². The zero-order chi connectivity index (χ0) is 12.3. The van der Waals surface area contributed by atoms with Gasteiger partial charge in [0.15, 0.2) is 0 Å². The van der Waals surface area contributed by atoms with Gasteiger partial charge in [-0.15, -0.1) is 0 Å². The van der Waals surface area contributed by atoms with Crippen LogP contribution in [0.4, 0.5) is 4.39 Å². The summed E-state index contributed by atoms with van der Waals surface area (Å²) in [5.41, 5.74) is 0.602. The number of hydrogen-bond donors (Lipinski definition) is 0. The molecule has 6 heteroatoms. The smallest absolute Gasteiger partial charge is 0.147 e. The van der Waals surface area contributed by atoms with Gasteiger partial charge in [-0.3, -0.25) is 4.98 Å². The molecule has 1 aromatic heterocycles. The molecule has 0 saturated heterocycles. The standard InChI is InChI=1S/C11H7Cl2FN2O/c12-9-2-1-8(3-10(9)14)17-6-7-4-16-11(13)5-15-7/h1-5H,6H2. The topological polar surface area (TPSA) is 35.0 Å². The van der Waals surface area contributed by atoms with Crippen LogP contribution in [0.25, 0.3) is 0 Å². The zero-order valence-electron chi connectivity index (χ0n) is 8.53. The number of nitrogens with zero attached hydrogens (tertiary/aromatic N) is 2. The lowest BCUT2D eigenvalue weighted by Crippen LogP contribution is -1.99. The largest absolute Gasteiger partial charge is 0.487 e. The summed E-state index contributed by atoms with van der Waals surface area (Å²) in [4.78, 5) is 7.84. The van der Waals surface area contributed by atoms with Crippen LogP contribution in [0.3, 0.4) is 0 Å². The quantitative estimate of drug-likeness (QED) is 0.858. The van der Waals surface area contributed by atoms with Crippen molar-refractivity contribution < 1.29 is 9.13 Å². The Hall–Kier alpha value is -1.39. The van der Waals surface area contributed by atoms with Crippen molar-refractivity contribution in [1.82, 2.24) is 9.97 Å². The lowest BCUT2D eigenvalue weighted by Gasteiger charge is -2.05. The first-order chi connectivity index (χ1) is 8.15. The molecule has 0 spiro atoms. The van der Waals surface area contributed by atoms with Gasteiger partial charge < -0.3 is 4.74 Å². The molecule has 2 aromatic rings. The van der Waals surface area contributed by atoms with E-state index in [2.05, 4.69) is 9.97 Å². The fourth-order valence-corrected chi connectivity index (χ4v) is 1.35. The summed E-state index contributed by atoms with van der Waals surface area (Å²) in [6, 6.07) is 4.22. The van der Waals surface area contributed by atoms with Crippen molar-refractivity contribution in [2.45, 2.75) is 6.61 Å².